The van der Waals surface area contributed by atoms with E-state index in [2.05, 4.69) is 15.4 Å². The highest BCUT2D eigenvalue weighted by Crippen LogP contribution is 2.21. The first-order valence-corrected chi connectivity index (χ1v) is 13.2. The molecule has 1 aliphatic rings. The minimum atomic E-state index is -3.58. The van der Waals surface area contributed by atoms with Gasteiger partial charge in [0.1, 0.15) is 0 Å². The first kappa shape index (κ1) is 24.9. The van der Waals surface area contributed by atoms with E-state index in [0.717, 1.165) is 44.9 Å². The molecule has 0 heterocycles. The number of hydrogen-bond acceptors (Lipinski definition) is 4. The van der Waals surface area contributed by atoms with Gasteiger partial charge >= 0.3 is 0 Å². The van der Waals surface area contributed by atoms with E-state index in [-0.39, 0.29) is 28.7 Å². The van der Waals surface area contributed by atoms with Crippen molar-refractivity contribution in [2.45, 2.75) is 69.7 Å². The molecule has 2 aromatic rings. The highest BCUT2D eigenvalue weighted by molar-refractivity contribution is 7.89. The van der Waals surface area contributed by atoms with Crippen LogP contribution in [0.5, 0.6) is 0 Å². The topological polar surface area (TPSA) is 104 Å². The minimum Gasteiger partial charge on any atom is -0.326 e. The van der Waals surface area contributed by atoms with Crippen molar-refractivity contribution in [1.29, 1.82) is 0 Å². The second-order valence-electron chi connectivity index (χ2n) is 8.51. The van der Waals surface area contributed by atoms with Crippen molar-refractivity contribution in [1.82, 2.24) is 4.72 Å². The monoisotopic (exact) mass is 471 g/mol. The fourth-order valence-electron chi connectivity index (χ4n) is 4.04. The minimum absolute atomic E-state index is 0.00860. The Kier molecular flexibility index (Phi) is 8.63. The quantitative estimate of drug-likeness (QED) is 0.482. The van der Waals surface area contributed by atoms with E-state index in [9.17, 15) is 18.0 Å². The maximum Gasteiger partial charge on any atom is 0.255 e. The highest BCUT2D eigenvalue weighted by atomic mass is 32.2. The average molecular weight is 472 g/mol. The lowest BCUT2D eigenvalue weighted by atomic mass is 9.96. The van der Waals surface area contributed by atoms with Gasteiger partial charge in [-0.2, -0.15) is 0 Å². The number of carbonyl (C=O) groups excluding carboxylic acids is 2. The van der Waals surface area contributed by atoms with Crippen molar-refractivity contribution >= 4 is 33.2 Å². The van der Waals surface area contributed by atoms with Gasteiger partial charge in [0.25, 0.3) is 5.91 Å². The largest absolute Gasteiger partial charge is 0.326 e. The van der Waals surface area contributed by atoms with Crippen molar-refractivity contribution in [3.8, 4) is 0 Å². The van der Waals surface area contributed by atoms with Crippen molar-refractivity contribution in [2.75, 3.05) is 10.6 Å². The van der Waals surface area contributed by atoms with Crippen LogP contribution >= 0.6 is 0 Å². The Morgan fingerprint density at radius 2 is 1.39 bits per heavy atom. The Morgan fingerprint density at radius 3 is 1.97 bits per heavy atom. The molecule has 7 nitrogen and oxygen atoms in total. The van der Waals surface area contributed by atoms with Crippen LogP contribution in [-0.2, 0) is 14.8 Å². The summed E-state index contributed by atoms with van der Waals surface area (Å²) in [7, 11) is -3.58. The summed E-state index contributed by atoms with van der Waals surface area (Å²) in [5, 5.41) is 5.65. The second kappa shape index (κ2) is 11.4. The number of hydrogen-bond donors (Lipinski definition) is 3. The molecule has 2 amide bonds. The predicted octanol–water partition coefficient (Wildman–Crippen LogP) is 4.92. The van der Waals surface area contributed by atoms with Gasteiger partial charge in [0, 0.05) is 28.9 Å². The van der Waals surface area contributed by atoms with Crippen LogP contribution in [0, 0.1) is 5.92 Å². The van der Waals surface area contributed by atoms with Crippen LogP contribution in [0.2, 0.25) is 0 Å². The van der Waals surface area contributed by atoms with Gasteiger partial charge in [0.05, 0.1) is 4.90 Å². The number of carbonyl (C=O) groups is 2. The lowest BCUT2D eigenvalue weighted by Crippen LogP contribution is -2.36. The highest BCUT2D eigenvalue weighted by Gasteiger charge is 2.22. The van der Waals surface area contributed by atoms with Crippen molar-refractivity contribution in [3.63, 3.8) is 0 Å². The third-order valence-electron chi connectivity index (χ3n) is 6.12. The summed E-state index contributed by atoms with van der Waals surface area (Å²) in [5.41, 5.74) is 1.58. The van der Waals surface area contributed by atoms with Crippen LogP contribution in [-0.4, -0.2) is 26.3 Å². The Morgan fingerprint density at radius 1 is 0.848 bits per heavy atom. The van der Waals surface area contributed by atoms with E-state index >= 15 is 0 Å². The lowest BCUT2D eigenvalue weighted by Gasteiger charge is -2.22. The standard InChI is InChI=1S/C25H33N3O4S/c1-3-18(4-2)24(29)26-20-12-10-19(11-13-20)25(30)27-21-14-16-23(17-15-21)33(31,32)28-22-8-6-5-7-9-22/h10-18,22,28H,3-9H2,1-2H3,(H,26,29)(H,27,30). The Bertz CT molecular complexity index is 1040. The molecule has 0 spiro atoms. The van der Waals surface area contributed by atoms with E-state index in [1.807, 2.05) is 13.8 Å². The molecule has 0 aliphatic heterocycles. The third kappa shape index (κ3) is 6.88. The molecule has 178 valence electrons. The van der Waals surface area contributed by atoms with Crippen LogP contribution in [0.25, 0.3) is 0 Å². The number of amides is 2. The van der Waals surface area contributed by atoms with Gasteiger partial charge in [0.2, 0.25) is 15.9 Å². The fourth-order valence-corrected chi connectivity index (χ4v) is 5.34. The van der Waals surface area contributed by atoms with Gasteiger partial charge in [-0.3, -0.25) is 9.59 Å². The molecule has 33 heavy (non-hydrogen) atoms. The summed E-state index contributed by atoms with van der Waals surface area (Å²) < 4.78 is 28.0. The van der Waals surface area contributed by atoms with E-state index < -0.39 is 10.0 Å². The molecule has 3 rings (SSSR count). The van der Waals surface area contributed by atoms with Crippen molar-refractivity contribution < 1.29 is 18.0 Å². The molecule has 0 aromatic heterocycles. The maximum atomic E-state index is 12.6. The molecule has 1 saturated carbocycles. The van der Waals surface area contributed by atoms with Gasteiger partial charge in [-0.1, -0.05) is 33.1 Å². The molecule has 8 heteroatoms. The SMILES string of the molecule is CCC(CC)C(=O)Nc1ccc(C(=O)Nc2ccc(S(=O)(=O)NC3CCCCC3)cc2)cc1. The first-order valence-electron chi connectivity index (χ1n) is 11.7. The molecule has 0 atom stereocenters. The Balaban J connectivity index is 1.58. The van der Waals surface area contributed by atoms with E-state index in [0.29, 0.717) is 16.9 Å². The summed E-state index contributed by atoms with van der Waals surface area (Å²) in [4.78, 5) is 25.0. The normalized spacial score (nSPS) is 14.8. The summed E-state index contributed by atoms with van der Waals surface area (Å²) >= 11 is 0. The van der Waals surface area contributed by atoms with Gasteiger partial charge in [-0.05, 0) is 74.2 Å². The van der Waals surface area contributed by atoms with Crippen LogP contribution in [0.3, 0.4) is 0 Å². The smallest absolute Gasteiger partial charge is 0.255 e. The molecule has 0 radical (unpaired) electrons. The number of rotatable bonds is 9. The van der Waals surface area contributed by atoms with E-state index in [4.69, 9.17) is 0 Å². The van der Waals surface area contributed by atoms with E-state index in [1.54, 1.807) is 36.4 Å². The molecule has 3 N–H and O–H groups in total. The molecular weight excluding hydrogens is 438 g/mol. The molecule has 2 aromatic carbocycles. The van der Waals surface area contributed by atoms with Crippen molar-refractivity contribution in [2.24, 2.45) is 5.92 Å². The average Bonchev–Trinajstić information content (AvgIpc) is 2.81. The maximum absolute atomic E-state index is 12.6. The molecule has 0 saturated heterocycles. The third-order valence-corrected chi connectivity index (χ3v) is 7.66. The van der Waals surface area contributed by atoms with Crippen LogP contribution < -0.4 is 15.4 Å². The van der Waals surface area contributed by atoms with E-state index in [1.165, 1.54) is 12.1 Å². The van der Waals surface area contributed by atoms with Crippen LogP contribution in [0.1, 0.15) is 69.2 Å². The lowest BCUT2D eigenvalue weighted by molar-refractivity contribution is -0.120. The van der Waals surface area contributed by atoms with Crippen LogP contribution in [0.15, 0.2) is 53.4 Å². The number of benzene rings is 2. The summed E-state index contributed by atoms with van der Waals surface area (Å²) in [6.07, 6.45) is 6.54. The van der Waals surface area contributed by atoms with Crippen molar-refractivity contribution in [3.05, 3.63) is 54.1 Å². The Hall–Kier alpha value is -2.71. The number of nitrogens with one attached hydrogen (secondary N) is 3. The second-order valence-corrected chi connectivity index (χ2v) is 10.2. The molecular formula is C25H33N3O4S. The molecule has 0 unspecified atom stereocenters. The zero-order valence-electron chi connectivity index (χ0n) is 19.3. The molecule has 1 fully saturated rings. The zero-order valence-corrected chi connectivity index (χ0v) is 20.1. The summed E-state index contributed by atoms with van der Waals surface area (Å²) in [5.74, 6) is -0.369. The predicted molar refractivity (Wildman–Crippen MR) is 131 cm³/mol. The van der Waals surface area contributed by atoms with Gasteiger partial charge in [-0.25, -0.2) is 13.1 Å². The Labute approximate surface area is 196 Å². The number of sulfonamides is 1. The van der Waals surface area contributed by atoms with Gasteiger partial charge in [0.15, 0.2) is 0 Å². The zero-order chi connectivity index (χ0) is 23.8. The number of anilines is 2. The molecule has 0 bridgehead atoms. The van der Waals surface area contributed by atoms with Crippen LogP contribution in [0.4, 0.5) is 11.4 Å². The summed E-state index contributed by atoms with van der Waals surface area (Å²) in [6.45, 7) is 3.97. The first-order chi connectivity index (χ1) is 15.8. The molecule has 1 aliphatic carbocycles. The van der Waals surface area contributed by atoms with Gasteiger partial charge in [-0.15, -0.1) is 0 Å². The van der Waals surface area contributed by atoms with Gasteiger partial charge < -0.3 is 10.6 Å². The fraction of sp³-hybridized carbons (Fsp3) is 0.440. The summed E-state index contributed by atoms with van der Waals surface area (Å²) in [6, 6.07) is 12.8.